The van der Waals surface area contributed by atoms with Crippen molar-refractivity contribution < 1.29 is 24.6 Å². The maximum absolute atomic E-state index is 13.2. The summed E-state index contributed by atoms with van der Waals surface area (Å²) in [6, 6.07) is 13.2. The van der Waals surface area contributed by atoms with E-state index in [1.54, 1.807) is 38.6 Å². The summed E-state index contributed by atoms with van der Waals surface area (Å²) in [6.07, 6.45) is 7.16. The molecule has 0 saturated heterocycles. The first-order valence-corrected chi connectivity index (χ1v) is 13.7. The molecule has 214 valence electrons. The van der Waals surface area contributed by atoms with E-state index in [9.17, 15) is 19.5 Å². The summed E-state index contributed by atoms with van der Waals surface area (Å²) < 4.78 is 7.95. The van der Waals surface area contributed by atoms with Crippen molar-refractivity contribution in [3.8, 4) is 16.9 Å². The van der Waals surface area contributed by atoms with Crippen LogP contribution in [0.15, 0.2) is 59.5 Å². The number of anilines is 1. The Morgan fingerprint density at radius 1 is 1.00 bits per heavy atom. The third-order valence-corrected chi connectivity index (χ3v) is 7.54. The van der Waals surface area contributed by atoms with E-state index in [4.69, 9.17) is 9.94 Å². The van der Waals surface area contributed by atoms with E-state index in [2.05, 4.69) is 10.3 Å². The number of rotatable bonds is 7. The number of aromatic amines is 1. The number of aromatic nitrogens is 2. The third kappa shape index (κ3) is 5.89. The lowest BCUT2D eigenvalue weighted by atomic mass is 9.92. The standard InChI is InChI=1S/C31H34N4O6/c1-31(2,39)19-11-14-26(41-21-7-5-4-6-8-21)22(15-19)24-17-35(3)30(38)27-23(24)16-25(33-27)29(37)32-20-12-9-18(10-13-20)28(36)34-40/h9-17,21,33,39-40H,4-8H2,1-3H3,(H,32,37)(H,34,36). The second-order valence-corrected chi connectivity index (χ2v) is 11.1. The average Bonchev–Trinajstić information content (AvgIpc) is 3.41. The topological polar surface area (TPSA) is 146 Å². The van der Waals surface area contributed by atoms with Crippen LogP contribution in [0.4, 0.5) is 5.69 Å². The number of carbonyl (C=O) groups excluding carboxylic acids is 2. The minimum Gasteiger partial charge on any atom is -0.490 e. The third-order valence-electron chi connectivity index (χ3n) is 7.54. The molecule has 10 heteroatoms. The van der Waals surface area contributed by atoms with Crippen LogP contribution in [0.3, 0.4) is 0 Å². The zero-order valence-electron chi connectivity index (χ0n) is 23.3. The number of hydrogen-bond donors (Lipinski definition) is 5. The van der Waals surface area contributed by atoms with Crippen molar-refractivity contribution in [2.24, 2.45) is 7.05 Å². The van der Waals surface area contributed by atoms with Crippen LogP contribution in [0.5, 0.6) is 5.75 Å². The molecule has 0 atom stereocenters. The highest BCUT2D eigenvalue weighted by Gasteiger charge is 2.24. The van der Waals surface area contributed by atoms with E-state index in [1.807, 2.05) is 18.2 Å². The number of aliphatic hydroxyl groups is 1. The summed E-state index contributed by atoms with van der Waals surface area (Å²) in [6.45, 7) is 3.43. The molecule has 5 rings (SSSR count). The highest BCUT2D eigenvalue weighted by Crippen LogP contribution is 2.39. The molecule has 2 heterocycles. The van der Waals surface area contributed by atoms with Gasteiger partial charge in [0.1, 0.15) is 17.0 Å². The summed E-state index contributed by atoms with van der Waals surface area (Å²) >= 11 is 0. The van der Waals surface area contributed by atoms with Crippen LogP contribution in [-0.4, -0.2) is 37.8 Å². The number of aryl methyl sites for hydroxylation is 1. The lowest BCUT2D eigenvalue weighted by Gasteiger charge is -2.26. The fraction of sp³-hybridized carbons (Fsp3) is 0.323. The monoisotopic (exact) mass is 558 g/mol. The number of ether oxygens (including phenoxy) is 1. The molecule has 4 aromatic rings. The number of fused-ring (bicyclic) bond motifs is 1. The van der Waals surface area contributed by atoms with Gasteiger partial charge in [0.05, 0.1) is 11.7 Å². The zero-order chi connectivity index (χ0) is 29.3. The van der Waals surface area contributed by atoms with E-state index in [-0.39, 0.29) is 28.4 Å². The van der Waals surface area contributed by atoms with Crippen molar-refractivity contribution in [2.75, 3.05) is 5.32 Å². The lowest BCUT2D eigenvalue weighted by molar-refractivity contribution is 0.0706. The molecule has 2 amide bonds. The molecule has 1 saturated carbocycles. The van der Waals surface area contributed by atoms with E-state index in [1.165, 1.54) is 35.3 Å². The molecule has 1 fully saturated rings. The molecule has 5 N–H and O–H groups in total. The molecule has 10 nitrogen and oxygen atoms in total. The average molecular weight is 559 g/mol. The van der Waals surface area contributed by atoms with E-state index >= 15 is 0 Å². The molecule has 2 aromatic carbocycles. The molecule has 0 spiro atoms. The van der Waals surface area contributed by atoms with Gasteiger partial charge < -0.3 is 24.7 Å². The summed E-state index contributed by atoms with van der Waals surface area (Å²) in [4.78, 5) is 40.9. The van der Waals surface area contributed by atoms with Gasteiger partial charge in [0.25, 0.3) is 17.4 Å². The number of hydroxylamine groups is 1. The highest BCUT2D eigenvalue weighted by atomic mass is 16.5. The van der Waals surface area contributed by atoms with Crippen LogP contribution < -0.4 is 21.1 Å². The Morgan fingerprint density at radius 2 is 1.71 bits per heavy atom. The quantitative estimate of drug-likeness (QED) is 0.162. The van der Waals surface area contributed by atoms with Gasteiger partial charge in [-0.1, -0.05) is 12.5 Å². The molecular weight excluding hydrogens is 524 g/mol. The second-order valence-electron chi connectivity index (χ2n) is 11.1. The van der Waals surface area contributed by atoms with Gasteiger partial charge in [0.2, 0.25) is 0 Å². The Morgan fingerprint density at radius 3 is 2.37 bits per heavy atom. The molecule has 2 aromatic heterocycles. The lowest BCUT2D eigenvalue weighted by Crippen LogP contribution is -2.21. The van der Waals surface area contributed by atoms with Gasteiger partial charge >= 0.3 is 0 Å². The van der Waals surface area contributed by atoms with Crippen molar-refractivity contribution in [2.45, 2.75) is 57.7 Å². The van der Waals surface area contributed by atoms with Gasteiger partial charge in [-0.25, -0.2) is 5.48 Å². The first-order chi connectivity index (χ1) is 19.5. The van der Waals surface area contributed by atoms with E-state index in [0.29, 0.717) is 28.0 Å². The summed E-state index contributed by atoms with van der Waals surface area (Å²) in [5, 5.41) is 22.9. The number of pyridine rings is 1. The smallest absolute Gasteiger partial charge is 0.274 e. The molecule has 1 aliphatic rings. The number of H-pyrrole nitrogens is 1. The Labute approximate surface area is 236 Å². The second kappa shape index (κ2) is 11.2. The van der Waals surface area contributed by atoms with E-state index < -0.39 is 17.4 Å². The van der Waals surface area contributed by atoms with Gasteiger partial charge in [0, 0.05) is 41.0 Å². The number of amides is 2. The minimum atomic E-state index is -1.10. The van der Waals surface area contributed by atoms with Crippen molar-refractivity contribution in [1.29, 1.82) is 0 Å². The SMILES string of the molecule is Cn1cc(-c2cc(C(C)(C)O)ccc2OC2CCCCC2)c2cc(C(=O)Nc3ccc(C(=O)NO)cc3)[nH]c2c1=O. The number of nitrogens with one attached hydrogen (secondary N) is 3. The molecule has 0 bridgehead atoms. The van der Waals surface area contributed by atoms with Crippen molar-refractivity contribution in [3.05, 3.63) is 81.9 Å². The number of nitrogens with zero attached hydrogens (tertiary/aromatic N) is 1. The van der Waals surface area contributed by atoms with Gasteiger partial charge in [-0.3, -0.25) is 19.6 Å². The largest absolute Gasteiger partial charge is 0.490 e. The van der Waals surface area contributed by atoms with Crippen molar-refractivity contribution in [1.82, 2.24) is 15.0 Å². The predicted octanol–water partition coefficient (Wildman–Crippen LogP) is 4.84. The maximum atomic E-state index is 13.2. The van der Waals surface area contributed by atoms with Crippen molar-refractivity contribution in [3.63, 3.8) is 0 Å². The first kappa shape index (κ1) is 28.1. The van der Waals surface area contributed by atoms with Crippen LogP contribution in [0.1, 0.15) is 72.4 Å². The Kier molecular flexibility index (Phi) is 7.70. The van der Waals surface area contributed by atoms with Gasteiger partial charge in [-0.2, -0.15) is 0 Å². The fourth-order valence-electron chi connectivity index (χ4n) is 5.23. The number of carbonyl (C=O) groups is 2. The minimum absolute atomic E-state index is 0.0842. The van der Waals surface area contributed by atoms with Crippen LogP contribution >= 0.6 is 0 Å². The molecule has 0 unspecified atom stereocenters. The van der Waals surface area contributed by atoms with Crippen LogP contribution in [-0.2, 0) is 12.6 Å². The molecule has 0 aliphatic heterocycles. The fourth-order valence-corrected chi connectivity index (χ4v) is 5.23. The Bertz CT molecular complexity index is 1660. The van der Waals surface area contributed by atoms with Gasteiger partial charge in [0.15, 0.2) is 0 Å². The van der Waals surface area contributed by atoms with Crippen LogP contribution in [0.2, 0.25) is 0 Å². The maximum Gasteiger partial charge on any atom is 0.274 e. The summed E-state index contributed by atoms with van der Waals surface area (Å²) in [5.41, 5.74) is 3.36. The van der Waals surface area contributed by atoms with Crippen LogP contribution in [0, 0.1) is 0 Å². The Hall–Kier alpha value is -4.41. The van der Waals surface area contributed by atoms with Gasteiger partial charge in [-0.05, 0) is 87.6 Å². The highest BCUT2D eigenvalue weighted by molar-refractivity contribution is 6.08. The summed E-state index contributed by atoms with van der Waals surface area (Å²) in [7, 11) is 1.65. The Balaban J connectivity index is 1.56. The van der Waals surface area contributed by atoms with Crippen molar-refractivity contribution >= 4 is 28.4 Å². The van der Waals surface area contributed by atoms with Crippen LogP contribution in [0.25, 0.3) is 22.0 Å². The zero-order valence-corrected chi connectivity index (χ0v) is 23.3. The molecule has 41 heavy (non-hydrogen) atoms. The number of hydrogen-bond acceptors (Lipinski definition) is 6. The van der Waals surface area contributed by atoms with Gasteiger partial charge in [-0.15, -0.1) is 0 Å². The van der Waals surface area contributed by atoms with E-state index in [0.717, 1.165) is 31.2 Å². The summed E-state index contributed by atoms with van der Waals surface area (Å²) in [5.74, 6) is -0.483. The molecule has 1 aliphatic carbocycles. The molecular formula is C31H34N4O6. The predicted molar refractivity (Wildman–Crippen MR) is 155 cm³/mol. The number of benzene rings is 2. The molecule has 0 radical (unpaired) electrons. The first-order valence-electron chi connectivity index (χ1n) is 13.7. The normalized spacial score (nSPS) is 14.2.